The molecule has 0 amide bonds. The molecule has 21 heavy (non-hydrogen) atoms. The molecule has 2 N–H and O–H groups in total. The summed E-state index contributed by atoms with van der Waals surface area (Å²) >= 11 is 0. The maximum absolute atomic E-state index is 12.3. The van der Waals surface area contributed by atoms with Gasteiger partial charge in [-0.25, -0.2) is 0 Å². The molecule has 0 unspecified atom stereocenters. The molecule has 0 spiro atoms. The minimum Gasteiger partial charge on any atom is -0.406 e. The standard InChI is InChI=1S/C16H22F3NO/c1-11(2)12-6-8-15(20,9-7-12)13-4-3-5-14(10-13)21-16(17,18)19/h3-5,10-12H,6-9,20H2,1-2H3. The fraction of sp³-hybridized carbons (Fsp3) is 0.625. The van der Waals surface area contributed by atoms with E-state index in [4.69, 9.17) is 5.73 Å². The summed E-state index contributed by atoms with van der Waals surface area (Å²) in [6.07, 6.45) is -1.05. The number of halogens is 3. The Morgan fingerprint density at radius 1 is 1.24 bits per heavy atom. The van der Waals surface area contributed by atoms with Crippen molar-refractivity contribution in [1.82, 2.24) is 0 Å². The fourth-order valence-corrected chi connectivity index (χ4v) is 3.11. The van der Waals surface area contributed by atoms with Crippen LogP contribution in [0.5, 0.6) is 5.75 Å². The van der Waals surface area contributed by atoms with Crippen molar-refractivity contribution < 1.29 is 17.9 Å². The summed E-state index contributed by atoms with van der Waals surface area (Å²) in [6.45, 7) is 4.40. The minimum absolute atomic E-state index is 0.198. The summed E-state index contributed by atoms with van der Waals surface area (Å²) in [5.41, 5.74) is 6.62. The van der Waals surface area contributed by atoms with Gasteiger partial charge in [0.05, 0.1) is 0 Å². The second-order valence-electron chi connectivity index (χ2n) is 6.31. The smallest absolute Gasteiger partial charge is 0.406 e. The number of hydrogen-bond donors (Lipinski definition) is 1. The molecular formula is C16H22F3NO. The van der Waals surface area contributed by atoms with E-state index in [1.807, 2.05) is 0 Å². The van der Waals surface area contributed by atoms with Crippen LogP contribution in [0.4, 0.5) is 13.2 Å². The first-order valence-corrected chi connectivity index (χ1v) is 7.35. The van der Waals surface area contributed by atoms with Gasteiger partial charge in [-0.2, -0.15) is 0 Å². The van der Waals surface area contributed by atoms with Gasteiger partial charge in [0.1, 0.15) is 5.75 Å². The molecule has 1 aliphatic rings. The first-order valence-electron chi connectivity index (χ1n) is 7.35. The van der Waals surface area contributed by atoms with Crippen LogP contribution in [0.1, 0.15) is 45.1 Å². The van der Waals surface area contributed by atoms with Gasteiger partial charge in [-0.3, -0.25) is 0 Å². The van der Waals surface area contributed by atoms with Crippen LogP contribution in [-0.4, -0.2) is 6.36 Å². The number of alkyl halides is 3. The van der Waals surface area contributed by atoms with Crippen LogP contribution < -0.4 is 10.5 Å². The molecule has 0 atom stereocenters. The molecule has 0 aromatic heterocycles. The normalized spacial score (nSPS) is 26.9. The number of rotatable bonds is 3. The molecule has 0 saturated heterocycles. The molecule has 0 radical (unpaired) electrons. The first kappa shape index (κ1) is 16.1. The second kappa shape index (κ2) is 5.87. The van der Waals surface area contributed by atoms with Crippen LogP contribution in [0.15, 0.2) is 24.3 Å². The lowest BCUT2D eigenvalue weighted by atomic mass is 9.70. The van der Waals surface area contributed by atoms with Gasteiger partial charge in [0.15, 0.2) is 0 Å². The van der Waals surface area contributed by atoms with E-state index in [0.717, 1.165) is 31.2 Å². The lowest BCUT2D eigenvalue weighted by Crippen LogP contribution is -2.41. The van der Waals surface area contributed by atoms with Crippen LogP contribution >= 0.6 is 0 Å². The number of nitrogens with two attached hydrogens (primary N) is 1. The Kier molecular flexibility index (Phi) is 4.51. The van der Waals surface area contributed by atoms with Gasteiger partial charge in [-0.05, 0) is 55.2 Å². The lowest BCUT2D eigenvalue weighted by Gasteiger charge is -2.39. The SMILES string of the molecule is CC(C)C1CCC(N)(c2cccc(OC(F)(F)F)c2)CC1. The molecule has 5 heteroatoms. The topological polar surface area (TPSA) is 35.2 Å². The molecule has 1 aliphatic carbocycles. The van der Waals surface area contributed by atoms with E-state index < -0.39 is 11.9 Å². The van der Waals surface area contributed by atoms with Crippen molar-refractivity contribution in [1.29, 1.82) is 0 Å². The third kappa shape index (κ3) is 4.13. The Labute approximate surface area is 123 Å². The maximum Gasteiger partial charge on any atom is 0.573 e. The highest BCUT2D eigenvalue weighted by atomic mass is 19.4. The summed E-state index contributed by atoms with van der Waals surface area (Å²) in [5.74, 6) is 1.07. The van der Waals surface area contributed by atoms with Gasteiger partial charge in [-0.15, -0.1) is 13.2 Å². The summed E-state index contributed by atoms with van der Waals surface area (Å²) in [7, 11) is 0. The average molecular weight is 301 g/mol. The summed E-state index contributed by atoms with van der Waals surface area (Å²) in [4.78, 5) is 0. The van der Waals surface area contributed by atoms with Gasteiger partial charge in [0, 0.05) is 5.54 Å². The van der Waals surface area contributed by atoms with E-state index in [1.54, 1.807) is 12.1 Å². The molecule has 2 nitrogen and oxygen atoms in total. The third-order valence-corrected chi connectivity index (χ3v) is 4.51. The molecular weight excluding hydrogens is 279 g/mol. The number of hydrogen-bond acceptors (Lipinski definition) is 2. The summed E-state index contributed by atoms with van der Waals surface area (Å²) in [6, 6.07) is 6.09. The monoisotopic (exact) mass is 301 g/mol. The Morgan fingerprint density at radius 2 is 1.86 bits per heavy atom. The van der Waals surface area contributed by atoms with Crippen molar-refractivity contribution in [2.75, 3.05) is 0 Å². The van der Waals surface area contributed by atoms with E-state index in [9.17, 15) is 13.2 Å². The maximum atomic E-state index is 12.3. The molecule has 2 rings (SSSR count). The molecule has 118 valence electrons. The van der Waals surface area contributed by atoms with Crippen LogP contribution in [0.2, 0.25) is 0 Å². The number of benzene rings is 1. The van der Waals surface area contributed by atoms with Gasteiger partial charge in [-0.1, -0.05) is 26.0 Å². The number of ether oxygens (including phenoxy) is 1. The summed E-state index contributed by atoms with van der Waals surface area (Å²) in [5, 5.41) is 0. The molecule has 0 bridgehead atoms. The van der Waals surface area contributed by atoms with Crippen molar-refractivity contribution in [3.63, 3.8) is 0 Å². The average Bonchev–Trinajstić information content (AvgIpc) is 2.37. The van der Waals surface area contributed by atoms with Gasteiger partial charge in [0.25, 0.3) is 0 Å². The lowest BCUT2D eigenvalue weighted by molar-refractivity contribution is -0.274. The Bertz CT molecular complexity index is 477. The largest absolute Gasteiger partial charge is 0.573 e. The van der Waals surface area contributed by atoms with Crippen molar-refractivity contribution in [2.45, 2.75) is 51.4 Å². The van der Waals surface area contributed by atoms with Gasteiger partial charge >= 0.3 is 6.36 Å². The second-order valence-corrected chi connectivity index (χ2v) is 6.31. The van der Waals surface area contributed by atoms with Crippen molar-refractivity contribution in [3.8, 4) is 5.75 Å². The molecule has 1 fully saturated rings. The molecule has 1 aromatic rings. The molecule has 1 saturated carbocycles. The van der Waals surface area contributed by atoms with Crippen LogP contribution in [-0.2, 0) is 5.54 Å². The molecule has 1 aromatic carbocycles. The highest BCUT2D eigenvalue weighted by molar-refractivity contribution is 5.33. The predicted octanol–water partition coefficient (Wildman–Crippen LogP) is 4.59. The summed E-state index contributed by atoms with van der Waals surface area (Å²) < 4.78 is 40.9. The highest BCUT2D eigenvalue weighted by Crippen LogP contribution is 2.41. The van der Waals surface area contributed by atoms with Crippen LogP contribution in [0.25, 0.3) is 0 Å². The Hall–Kier alpha value is -1.23. The predicted molar refractivity (Wildman–Crippen MR) is 75.8 cm³/mol. The zero-order valence-corrected chi connectivity index (χ0v) is 12.4. The zero-order chi connectivity index (χ0) is 15.7. The third-order valence-electron chi connectivity index (χ3n) is 4.51. The zero-order valence-electron chi connectivity index (χ0n) is 12.4. The quantitative estimate of drug-likeness (QED) is 0.886. The van der Waals surface area contributed by atoms with E-state index in [1.165, 1.54) is 12.1 Å². The highest BCUT2D eigenvalue weighted by Gasteiger charge is 2.35. The Balaban J connectivity index is 2.13. The van der Waals surface area contributed by atoms with E-state index in [-0.39, 0.29) is 5.75 Å². The van der Waals surface area contributed by atoms with E-state index in [2.05, 4.69) is 18.6 Å². The van der Waals surface area contributed by atoms with Gasteiger partial charge in [0.2, 0.25) is 0 Å². The van der Waals surface area contributed by atoms with Crippen molar-refractivity contribution >= 4 is 0 Å². The first-order chi connectivity index (χ1) is 9.70. The van der Waals surface area contributed by atoms with Crippen LogP contribution in [0.3, 0.4) is 0 Å². The molecule has 0 heterocycles. The Morgan fingerprint density at radius 3 is 2.38 bits per heavy atom. The van der Waals surface area contributed by atoms with E-state index >= 15 is 0 Å². The minimum atomic E-state index is -4.67. The van der Waals surface area contributed by atoms with Crippen molar-refractivity contribution in [2.24, 2.45) is 17.6 Å². The molecule has 0 aliphatic heterocycles. The van der Waals surface area contributed by atoms with Gasteiger partial charge < -0.3 is 10.5 Å². The fourth-order valence-electron chi connectivity index (χ4n) is 3.11. The van der Waals surface area contributed by atoms with E-state index in [0.29, 0.717) is 11.8 Å². The van der Waals surface area contributed by atoms with Crippen LogP contribution in [0, 0.1) is 11.8 Å². The van der Waals surface area contributed by atoms with Crippen molar-refractivity contribution in [3.05, 3.63) is 29.8 Å².